The third kappa shape index (κ3) is 5.86. The second-order valence-corrected chi connectivity index (χ2v) is 10.2. The summed E-state index contributed by atoms with van der Waals surface area (Å²) >= 11 is 0. The number of halogens is 1. The van der Waals surface area contributed by atoms with Gasteiger partial charge in [0, 0.05) is 30.8 Å². The summed E-state index contributed by atoms with van der Waals surface area (Å²) < 4.78 is 41.7. The van der Waals surface area contributed by atoms with Gasteiger partial charge in [-0.1, -0.05) is 42.5 Å². The molecule has 9 heteroatoms. The Morgan fingerprint density at radius 2 is 1.83 bits per heavy atom. The van der Waals surface area contributed by atoms with Crippen molar-refractivity contribution in [3.8, 4) is 0 Å². The van der Waals surface area contributed by atoms with Crippen molar-refractivity contribution in [1.82, 2.24) is 10.2 Å². The highest BCUT2D eigenvalue weighted by molar-refractivity contribution is 7.92. The maximum atomic E-state index is 13.9. The summed E-state index contributed by atoms with van der Waals surface area (Å²) in [6.07, 6.45) is 1.30. The molecule has 0 bridgehead atoms. The number of likely N-dealkylation sites (tertiary alicyclic amines) is 1. The fourth-order valence-electron chi connectivity index (χ4n) is 3.96. The second kappa shape index (κ2) is 10.3. The molecule has 1 aliphatic heterocycles. The monoisotopic (exact) mass is 495 g/mol. The van der Waals surface area contributed by atoms with Crippen molar-refractivity contribution in [3.63, 3.8) is 0 Å². The van der Waals surface area contributed by atoms with Crippen LogP contribution < -0.4 is 10.0 Å². The van der Waals surface area contributed by atoms with Crippen LogP contribution in [0.25, 0.3) is 0 Å². The first-order valence-electron chi connectivity index (χ1n) is 11.3. The predicted molar refractivity (Wildman–Crippen MR) is 131 cm³/mol. The van der Waals surface area contributed by atoms with E-state index in [-0.39, 0.29) is 22.1 Å². The van der Waals surface area contributed by atoms with E-state index < -0.39 is 27.8 Å². The molecule has 7 nitrogen and oxygen atoms in total. The Morgan fingerprint density at radius 3 is 2.51 bits per heavy atom. The molecule has 0 spiro atoms. The van der Waals surface area contributed by atoms with Gasteiger partial charge in [0.15, 0.2) is 0 Å². The first-order valence-corrected chi connectivity index (χ1v) is 12.7. The SMILES string of the molecule is Cc1ccc(S(=O)(=O)Nc2cccc(C(=O)NC(CN3CCCC3=O)c3ccccc3)c2)cc1F. The minimum atomic E-state index is -4.05. The van der Waals surface area contributed by atoms with Crippen LogP contribution in [0.5, 0.6) is 0 Å². The first kappa shape index (κ1) is 24.4. The van der Waals surface area contributed by atoms with E-state index in [0.717, 1.165) is 18.1 Å². The van der Waals surface area contributed by atoms with Crippen molar-refractivity contribution in [2.45, 2.75) is 30.7 Å². The van der Waals surface area contributed by atoms with Gasteiger partial charge in [0.2, 0.25) is 5.91 Å². The lowest BCUT2D eigenvalue weighted by Crippen LogP contribution is -2.38. The Balaban J connectivity index is 1.52. The van der Waals surface area contributed by atoms with E-state index in [4.69, 9.17) is 0 Å². The number of hydrogen-bond acceptors (Lipinski definition) is 4. The topological polar surface area (TPSA) is 95.6 Å². The molecule has 2 amide bonds. The van der Waals surface area contributed by atoms with Gasteiger partial charge in [0.1, 0.15) is 5.82 Å². The Labute approximate surface area is 204 Å². The molecule has 1 unspecified atom stereocenters. The second-order valence-electron chi connectivity index (χ2n) is 8.48. The van der Waals surface area contributed by atoms with Crippen LogP contribution >= 0.6 is 0 Å². The molecule has 0 saturated carbocycles. The normalized spacial score (nSPS) is 14.6. The van der Waals surface area contributed by atoms with Crippen molar-refractivity contribution in [3.05, 3.63) is 95.3 Å². The highest BCUT2D eigenvalue weighted by Crippen LogP contribution is 2.22. The number of nitrogens with zero attached hydrogens (tertiary/aromatic N) is 1. The largest absolute Gasteiger partial charge is 0.343 e. The van der Waals surface area contributed by atoms with Gasteiger partial charge in [-0.15, -0.1) is 0 Å². The number of hydrogen-bond donors (Lipinski definition) is 2. The third-order valence-electron chi connectivity index (χ3n) is 5.91. The molecule has 1 saturated heterocycles. The van der Waals surface area contributed by atoms with Crippen molar-refractivity contribution in [2.24, 2.45) is 0 Å². The van der Waals surface area contributed by atoms with Gasteiger partial charge in [-0.05, 0) is 54.8 Å². The maximum absolute atomic E-state index is 13.9. The van der Waals surface area contributed by atoms with E-state index in [0.29, 0.717) is 25.1 Å². The molecule has 1 fully saturated rings. The molecular weight excluding hydrogens is 469 g/mol. The molecule has 0 aromatic heterocycles. The van der Waals surface area contributed by atoms with Crippen LogP contribution in [0.2, 0.25) is 0 Å². The van der Waals surface area contributed by atoms with Gasteiger partial charge >= 0.3 is 0 Å². The Bertz CT molecular complexity index is 1350. The van der Waals surface area contributed by atoms with E-state index in [1.54, 1.807) is 24.0 Å². The molecule has 182 valence electrons. The number of rotatable bonds is 8. The molecule has 2 N–H and O–H groups in total. The molecule has 3 aromatic carbocycles. The summed E-state index contributed by atoms with van der Waals surface area (Å²) in [5.41, 5.74) is 1.61. The fraction of sp³-hybridized carbons (Fsp3) is 0.231. The lowest BCUT2D eigenvalue weighted by Gasteiger charge is -2.25. The number of carbonyl (C=O) groups is 2. The van der Waals surface area contributed by atoms with Gasteiger partial charge in [-0.2, -0.15) is 0 Å². The average molecular weight is 496 g/mol. The highest BCUT2D eigenvalue weighted by atomic mass is 32.2. The van der Waals surface area contributed by atoms with Gasteiger partial charge in [0.25, 0.3) is 15.9 Å². The van der Waals surface area contributed by atoms with Gasteiger partial charge < -0.3 is 10.2 Å². The van der Waals surface area contributed by atoms with Crippen molar-refractivity contribution < 1.29 is 22.4 Å². The van der Waals surface area contributed by atoms with Crippen molar-refractivity contribution >= 4 is 27.5 Å². The van der Waals surface area contributed by atoms with Crippen LogP contribution in [-0.2, 0) is 14.8 Å². The zero-order valence-corrected chi connectivity index (χ0v) is 20.0. The van der Waals surface area contributed by atoms with E-state index in [2.05, 4.69) is 10.0 Å². The van der Waals surface area contributed by atoms with Crippen molar-refractivity contribution in [1.29, 1.82) is 0 Å². The summed E-state index contributed by atoms with van der Waals surface area (Å²) in [6, 6.07) is 18.7. The molecule has 1 aliphatic rings. The average Bonchev–Trinajstić information content (AvgIpc) is 3.25. The molecule has 35 heavy (non-hydrogen) atoms. The number of benzene rings is 3. The smallest absolute Gasteiger partial charge is 0.261 e. The maximum Gasteiger partial charge on any atom is 0.261 e. The van der Waals surface area contributed by atoms with Gasteiger partial charge in [-0.3, -0.25) is 14.3 Å². The van der Waals surface area contributed by atoms with E-state index in [1.807, 2.05) is 30.3 Å². The van der Waals surface area contributed by atoms with Crippen LogP contribution in [0, 0.1) is 12.7 Å². The van der Waals surface area contributed by atoms with E-state index in [9.17, 15) is 22.4 Å². The summed E-state index contributed by atoms with van der Waals surface area (Å²) in [7, 11) is -4.05. The number of aryl methyl sites for hydroxylation is 1. The first-order chi connectivity index (χ1) is 16.7. The Kier molecular flexibility index (Phi) is 7.16. The summed E-state index contributed by atoms with van der Waals surface area (Å²) in [5, 5.41) is 2.97. The van der Waals surface area contributed by atoms with E-state index >= 15 is 0 Å². The minimum absolute atomic E-state index is 0.0594. The van der Waals surface area contributed by atoms with Gasteiger partial charge in [0.05, 0.1) is 10.9 Å². The van der Waals surface area contributed by atoms with Crippen LogP contribution in [-0.4, -0.2) is 38.2 Å². The number of amides is 2. The molecule has 4 rings (SSSR count). The number of anilines is 1. The fourth-order valence-corrected chi connectivity index (χ4v) is 5.02. The molecule has 0 aliphatic carbocycles. The zero-order valence-electron chi connectivity index (χ0n) is 19.2. The van der Waals surface area contributed by atoms with Crippen molar-refractivity contribution in [2.75, 3.05) is 17.8 Å². The van der Waals surface area contributed by atoms with Gasteiger partial charge in [-0.25, -0.2) is 12.8 Å². The lowest BCUT2D eigenvalue weighted by atomic mass is 10.1. The molecule has 1 heterocycles. The summed E-state index contributed by atoms with van der Waals surface area (Å²) in [5.74, 6) is -0.971. The Hall–Kier alpha value is -3.72. The Morgan fingerprint density at radius 1 is 1.06 bits per heavy atom. The highest BCUT2D eigenvalue weighted by Gasteiger charge is 2.26. The third-order valence-corrected chi connectivity index (χ3v) is 7.29. The molecule has 0 radical (unpaired) electrons. The molecular formula is C26H26FN3O4S. The van der Waals surface area contributed by atoms with Crippen LogP contribution in [0.3, 0.4) is 0 Å². The van der Waals surface area contributed by atoms with E-state index in [1.165, 1.54) is 24.3 Å². The molecule has 1 atom stereocenters. The quantitative estimate of drug-likeness (QED) is 0.493. The molecule has 3 aromatic rings. The number of sulfonamides is 1. The standard InChI is InChI=1S/C26H26FN3O4S/c1-18-12-13-22(16-23(18)27)35(33,34)29-21-10-5-9-20(15-21)26(32)28-24(19-7-3-2-4-8-19)17-30-14-6-11-25(30)31/h2-5,7-10,12-13,15-16,24,29H,6,11,14,17H2,1H3,(H,28,32). The minimum Gasteiger partial charge on any atom is -0.343 e. The number of carbonyl (C=O) groups excluding carboxylic acids is 2. The summed E-state index contributed by atoms with van der Waals surface area (Å²) in [6.45, 7) is 2.54. The lowest BCUT2D eigenvalue weighted by molar-refractivity contribution is -0.128. The van der Waals surface area contributed by atoms with Crippen LogP contribution in [0.15, 0.2) is 77.7 Å². The van der Waals surface area contributed by atoms with Crippen LogP contribution in [0.1, 0.15) is 40.4 Å². The zero-order chi connectivity index (χ0) is 25.0. The number of nitrogens with one attached hydrogen (secondary N) is 2. The predicted octanol–water partition coefficient (Wildman–Crippen LogP) is 4.03. The summed E-state index contributed by atoms with van der Waals surface area (Å²) in [4.78, 5) is 26.8. The van der Waals surface area contributed by atoms with Crippen LogP contribution in [0.4, 0.5) is 10.1 Å².